The van der Waals surface area contributed by atoms with E-state index >= 15 is 0 Å². The first-order valence-electron chi connectivity index (χ1n) is 5.04. The van der Waals surface area contributed by atoms with Crippen LogP contribution in [0.15, 0.2) is 6.07 Å². The van der Waals surface area contributed by atoms with Gasteiger partial charge in [-0.05, 0) is 36.8 Å². The third-order valence-electron chi connectivity index (χ3n) is 2.78. The van der Waals surface area contributed by atoms with Crippen LogP contribution in [0.3, 0.4) is 0 Å². The molecule has 0 saturated carbocycles. The molecule has 0 radical (unpaired) electrons. The summed E-state index contributed by atoms with van der Waals surface area (Å²) in [4.78, 5) is 13.7. The highest BCUT2D eigenvalue weighted by Gasteiger charge is 2.19. The van der Waals surface area contributed by atoms with Gasteiger partial charge in [0.15, 0.2) is 0 Å². The van der Waals surface area contributed by atoms with E-state index in [-0.39, 0.29) is 5.91 Å². The molecule has 0 unspecified atom stereocenters. The Morgan fingerprint density at radius 2 is 2.43 bits per heavy atom. The first-order chi connectivity index (χ1) is 6.70. The second-order valence-electron chi connectivity index (χ2n) is 3.99. The molecule has 1 aromatic heterocycles. The summed E-state index contributed by atoms with van der Waals surface area (Å²) in [6, 6.07) is 2.06. The van der Waals surface area contributed by atoms with E-state index in [9.17, 15) is 4.79 Å². The lowest BCUT2D eigenvalue weighted by molar-refractivity contribution is 0.0967. The Kier molecular flexibility index (Phi) is 2.59. The molecule has 1 aliphatic rings. The number of thiophene rings is 1. The molecule has 0 aromatic carbocycles. The Bertz CT molecular complexity index is 356. The molecule has 0 fully saturated rings. The highest BCUT2D eigenvalue weighted by molar-refractivity contribution is 7.14. The molecule has 14 heavy (non-hydrogen) atoms. The van der Waals surface area contributed by atoms with Gasteiger partial charge in [-0.1, -0.05) is 6.92 Å². The summed E-state index contributed by atoms with van der Waals surface area (Å²) in [5.41, 5.74) is 1.40. The van der Waals surface area contributed by atoms with Crippen LogP contribution in [0.1, 0.15) is 33.5 Å². The van der Waals surface area contributed by atoms with Gasteiger partial charge in [0.25, 0.3) is 5.91 Å². The first-order valence-corrected chi connectivity index (χ1v) is 5.86. The van der Waals surface area contributed by atoms with E-state index in [0.29, 0.717) is 0 Å². The van der Waals surface area contributed by atoms with Crippen LogP contribution in [0.25, 0.3) is 0 Å². The van der Waals surface area contributed by atoms with Gasteiger partial charge in [0.1, 0.15) is 0 Å². The quantitative estimate of drug-likeness (QED) is 0.755. The predicted octanol–water partition coefficient (Wildman–Crippen LogP) is 2.23. The van der Waals surface area contributed by atoms with Crippen LogP contribution in [0.2, 0.25) is 0 Å². The van der Waals surface area contributed by atoms with Crippen molar-refractivity contribution in [3.8, 4) is 0 Å². The van der Waals surface area contributed by atoms with E-state index in [1.165, 1.54) is 16.9 Å². The molecule has 3 heteroatoms. The number of fused-ring (bicyclic) bond motifs is 1. The molecule has 1 heterocycles. The number of amides is 1. The zero-order chi connectivity index (χ0) is 10.1. The van der Waals surface area contributed by atoms with Crippen LogP contribution in [-0.2, 0) is 12.8 Å². The van der Waals surface area contributed by atoms with Crippen molar-refractivity contribution in [3.63, 3.8) is 0 Å². The molecule has 76 valence electrons. The third-order valence-corrected chi connectivity index (χ3v) is 4.02. The van der Waals surface area contributed by atoms with Crippen molar-refractivity contribution in [2.45, 2.75) is 26.2 Å². The smallest absolute Gasteiger partial charge is 0.261 e. The Balaban J connectivity index is 2.27. The van der Waals surface area contributed by atoms with Gasteiger partial charge >= 0.3 is 0 Å². The zero-order valence-corrected chi connectivity index (χ0v) is 9.41. The lowest BCUT2D eigenvalue weighted by Crippen LogP contribution is -2.16. The largest absolute Gasteiger partial charge is 0.354 e. The van der Waals surface area contributed by atoms with Crippen LogP contribution in [0.4, 0.5) is 0 Å². The van der Waals surface area contributed by atoms with E-state index < -0.39 is 0 Å². The molecule has 0 saturated heterocycles. The van der Waals surface area contributed by atoms with Gasteiger partial charge in [-0.15, -0.1) is 11.3 Å². The van der Waals surface area contributed by atoms with E-state index in [1.54, 1.807) is 18.4 Å². The monoisotopic (exact) mass is 209 g/mol. The number of aryl methyl sites for hydroxylation is 1. The van der Waals surface area contributed by atoms with Crippen LogP contribution in [0.5, 0.6) is 0 Å². The minimum absolute atomic E-state index is 0.0528. The second-order valence-corrected chi connectivity index (χ2v) is 5.12. The van der Waals surface area contributed by atoms with Crippen molar-refractivity contribution in [2.24, 2.45) is 5.92 Å². The first kappa shape index (κ1) is 9.71. The maximum atomic E-state index is 11.4. The molecule has 1 aliphatic carbocycles. The molecule has 2 rings (SSSR count). The molecule has 1 aromatic rings. The summed E-state index contributed by atoms with van der Waals surface area (Å²) >= 11 is 1.66. The van der Waals surface area contributed by atoms with Crippen LogP contribution in [-0.4, -0.2) is 13.0 Å². The second kappa shape index (κ2) is 3.73. The van der Waals surface area contributed by atoms with Crippen LogP contribution < -0.4 is 5.32 Å². The van der Waals surface area contributed by atoms with Crippen LogP contribution in [0, 0.1) is 5.92 Å². The number of carbonyl (C=O) groups excluding carboxylic acids is 1. The lowest BCUT2D eigenvalue weighted by atomic mass is 9.90. The predicted molar refractivity (Wildman–Crippen MR) is 58.9 cm³/mol. The summed E-state index contributed by atoms with van der Waals surface area (Å²) in [6.07, 6.45) is 3.56. The highest BCUT2D eigenvalue weighted by atomic mass is 32.1. The average Bonchev–Trinajstić information content (AvgIpc) is 2.59. The minimum atomic E-state index is 0.0528. The molecule has 1 atom stereocenters. The highest BCUT2D eigenvalue weighted by Crippen LogP contribution is 2.31. The molecule has 2 nitrogen and oxygen atoms in total. The van der Waals surface area contributed by atoms with Crippen molar-refractivity contribution in [2.75, 3.05) is 7.05 Å². The Morgan fingerprint density at radius 1 is 1.64 bits per heavy atom. The van der Waals surface area contributed by atoms with Gasteiger partial charge in [-0.3, -0.25) is 4.79 Å². The van der Waals surface area contributed by atoms with Crippen LogP contribution >= 0.6 is 11.3 Å². The fourth-order valence-corrected chi connectivity index (χ4v) is 3.10. The number of hydrogen-bond donors (Lipinski definition) is 1. The minimum Gasteiger partial charge on any atom is -0.354 e. The molecular weight excluding hydrogens is 194 g/mol. The Labute approximate surface area is 88.3 Å². The topological polar surface area (TPSA) is 29.1 Å². The SMILES string of the molecule is CNC(=O)c1cc2c(s1)CC[C@H](C)C2. The maximum Gasteiger partial charge on any atom is 0.261 e. The fourth-order valence-electron chi connectivity index (χ4n) is 1.94. The molecule has 1 amide bonds. The zero-order valence-electron chi connectivity index (χ0n) is 8.59. The molecule has 0 aliphatic heterocycles. The van der Waals surface area contributed by atoms with E-state index in [0.717, 1.165) is 23.6 Å². The summed E-state index contributed by atoms with van der Waals surface area (Å²) < 4.78 is 0. The van der Waals surface area contributed by atoms with Gasteiger partial charge in [-0.25, -0.2) is 0 Å². The number of nitrogens with one attached hydrogen (secondary N) is 1. The summed E-state index contributed by atoms with van der Waals surface area (Å²) in [7, 11) is 1.68. The van der Waals surface area contributed by atoms with Crippen molar-refractivity contribution in [3.05, 3.63) is 21.4 Å². The normalized spacial score (nSPS) is 20.3. The number of carbonyl (C=O) groups is 1. The molecule has 0 spiro atoms. The number of hydrogen-bond acceptors (Lipinski definition) is 2. The molecule has 1 N–H and O–H groups in total. The molecular formula is C11H15NOS. The van der Waals surface area contributed by atoms with E-state index in [4.69, 9.17) is 0 Å². The summed E-state index contributed by atoms with van der Waals surface area (Å²) in [5.74, 6) is 0.826. The fraction of sp³-hybridized carbons (Fsp3) is 0.545. The summed E-state index contributed by atoms with van der Waals surface area (Å²) in [5, 5.41) is 2.67. The van der Waals surface area contributed by atoms with Gasteiger partial charge in [-0.2, -0.15) is 0 Å². The van der Waals surface area contributed by atoms with Crippen molar-refractivity contribution in [1.29, 1.82) is 0 Å². The number of rotatable bonds is 1. The Hall–Kier alpha value is -0.830. The van der Waals surface area contributed by atoms with Crippen molar-refractivity contribution >= 4 is 17.2 Å². The van der Waals surface area contributed by atoms with Crippen molar-refractivity contribution < 1.29 is 4.79 Å². The van der Waals surface area contributed by atoms with Gasteiger partial charge in [0, 0.05) is 11.9 Å². The average molecular weight is 209 g/mol. The van der Waals surface area contributed by atoms with Gasteiger partial charge < -0.3 is 5.32 Å². The molecule has 0 bridgehead atoms. The van der Waals surface area contributed by atoms with E-state index in [1.807, 2.05) is 0 Å². The lowest BCUT2D eigenvalue weighted by Gasteiger charge is -2.16. The Morgan fingerprint density at radius 3 is 3.14 bits per heavy atom. The van der Waals surface area contributed by atoms with Crippen molar-refractivity contribution in [1.82, 2.24) is 5.32 Å². The summed E-state index contributed by atoms with van der Waals surface area (Å²) in [6.45, 7) is 2.28. The van der Waals surface area contributed by atoms with Gasteiger partial charge in [0.2, 0.25) is 0 Å². The van der Waals surface area contributed by atoms with Gasteiger partial charge in [0.05, 0.1) is 4.88 Å². The van der Waals surface area contributed by atoms with E-state index in [2.05, 4.69) is 18.3 Å². The maximum absolute atomic E-state index is 11.4. The third kappa shape index (κ3) is 1.69. The standard InChI is InChI=1S/C11H15NOS/c1-7-3-4-9-8(5-7)6-10(14-9)11(13)12-2/h6-7H,3-5H2,1-2H3,(H,12,13)/t7-/m0/s1.